The number of hydrogen-bond donors (Lipinski definition) is 1. The van der Waals surface area contributed by atoms with E-state index in [1.807, 2.05) is 0 Å². The molecule has 0 aliphatic heterocycles. The van der Waals surface area contributed by atoms with Gasteiger partial charge in [0.05, 0.1) is 0 Å². The molecule has 0 amide bonds. The molecule has 0 aliphatic carbocycles. The monoisotopic (exact) mass is 187 g/mol. The third-order valence-electron chi connectivity index (χ3n) is 1.37. The van der Waals surface area contributed by atoms with Gasteiger partial charge in [-0.05, 0) is 6.07 Å². The van der Waals surface area contributed by atoms with Gasteiger partial charge in [-0.1, -0.05) is 0 Å². The second-order valence-corrected chi connectivity index (χ2v) is 2.23. The SMILES string of the molecule is N#Cc1nccc(N)c1C(F)(F)F. The van der Waals surface area contributed by atoms with E-state index >= 15 is 0 Å². The molecule has 68 valence electrons. The lowest BCUT2D eigenvalue weighted by molar-refractivity contribution is -0.137. The Morgan fingerprint density at radius 2 is 2.08 bits per heavy atom. The highest BCUT2D eigenvalue weighted by Crippen LogP contribution is 2.34. The van der Waals surface area contributed by atoms with Crippen LogP contribution in [0.4, 0.5) is 18.9 Å². The summed E-state index contributed by atoms with van der Waals surface area (Å²) < 4.78 is 36.7. The number of rotatable bonds is 0. The van der Waals surface area contributed by atoms with Gasteiger partial charge in [0.1, 0.15) is 11.6 Å². The van der Waals surface area contributed by atoms with E-state index in [4.69, 9.17) is 11.0 Å². The Kier molecular flexibility index (Phi) is 2.10. The van der Waals surface area contributed by atoms with Crippen LogP contribution in [0.25, 0.3) is 0 Å². The largest absolute Gasteiger partial charge is 0.421 e. The average Bonchev–Trinajstić information content (AvgIpc) is 2.01. The minimum atomic E-state index is -4.64. The summed E-state index contributed by atoms with van der Waals surface area (Å²) >= 11 is 0. The second kappa shape index (κ2) is 2.94. The van der Waals surface area contributed by atoms with Crippen molar-refractivity contribution in [3.05, 3.63) is 23.5 Å². The topological polar surface area (TPSA) is 62.7 Å². The normalized spacial score (nSPS) is 10.9. The molecule has 0 aromatic carbocycles. The molecule has 1 heterocycles. The molecular weight excluding hydrogens is 183 g/mol. The Morgan fingerprint density at radius 1 is 1.46 bits per heavy atom. The van der Waals surface area contributed by atoms with Crippen molar-refractivity contribution < 1.29 is 13.2 Å². The predicted molar refractivity (Wildman–Crippen MR) is 38.4 cm³/mol. The third-order valence-corrected chi connectivity index (χ3v) is 1.37. The Balaban J connectivity index is 3.43. The van der Waals surface area contributed by atoms with Crippen LogP contribution in [0.3, 0.4) is 0 Å². The molecule has 6 heteroatoms. The fourth-order valence-corrected chi connectivity index (χ4v) is 0.859. The van der Waals surface area contributed by atoms with Gasteiger partial charge in [-0.15, -0.1) is 0 Å². The van der Waals surface area contributed by atoms with Crippen molar-refractivity contribution in [3.63, 3.8) is 0 Å². The van der Waals surface area contributed by atoms with E-state index in [1.54, 1.807) is 0 Å². The van der Waals surface area contributed by atoms with Gasteiger partial charge in [-0.2, -0.15) is 18.4 Å². The zero-order valence-corrected chi connectivity index (χ0v) is 6.26. The van der Waals surface area contributed by atoms with Crippen molar-refractivity contribution >= 4 is 5.69 Å². The van der Waals surface area contributed by atoms with Gasteiger partial charge < -0.3 is 5.73 Å². The molecule has 13 heavy (non-hydrogen) atoms. The lowest BCUT2D eigenvalue weighted by Crippen LogP contribution is -2.12. The summed E-state index contributed by atoms with van der Waals surface area (Å²) in [7, 11) is 0. The first-order valence-corrected chi connectivity index (χ1v) is 3.18. The number of nitrogens with two attached hydrogens (primary N) is 1. The highest BCUT2D eigenvalue weighted by Gasteiger charge is 2.36. The molecule has 0 saturated heterocycles. The van der Waals surface area contributed by atoms with E-state index < -0.39 is 23.1 Å². The third kappa shape index (κ3) is 1.69. The van der Waals surface area contributed by atoms with Crippen LogP contribution in [0, 0.1) is 11.3 Å². The van der Waals surface area contributed by atoms with E-state index in [9.17, 15) is 13.2 Å². The maximum Gasteiger partial charge on any atom is 0.421 e. The van der Waals surface area contributed by atoms with E-state index in [-0.39, 0.29) is 0 Å². The van der Waals surface area contributed by atoms with Crippen molar-refractivity contribution in [1.82, 2.24) is 4.98 Å². The highest BCUT2D eigenvalue weighted by molar-refractivity contribution is 5.53. The highest BCUT2D eigenvalue weighted by atomic mass is 19.4. The van der Waals surface area contributed by atoms with Crippen molar-refractivity contribution in [3.8, 4) is 6.07 Å². The minimum Gasteiger partial charge on any atom is -0.398 e. The fraction of sp³-hybridized carbons (Fsp3) is 0.143. The Hall–Kier alpha value is -1.77. The number of anilines is 1. The second-order valence-electron chi connectivity index (χ2n) is 2.23. The molecule has 0 radical (unpaired) electrons. The molecule has 0 bridgehead atoms. The number of alkyl halides is 3. The molecule has 3 nitrogen and oxygen atoms in total. The Labute approximate surface area is 71.6 Å². The van der Waals surface area contributed by atoms with Gasteiger partial charge >= 0.3 is 6.18 Å². The van der Waals surface area contributed by atoms with E-state index in [2.05, 4.69) is 4.98 Å². The summed E-state index contributed by atoms with van der Waals surface area (Å²) in [5.74, 6) is 0. The van der Waals surface area contributed by atoms with Crippen molar-refractivity contribution in [2.45, 2.75) is 6.18 Å². The van der Waals surface area contributed by atoms with E-state index in [0.717, 1.165) is 12.3 Å². The number of aromatic nitrogens is 1. The molecule has 0 aliphatic rings. The number of pyridine rings is 1. The first kappa shape index (κ1) is 9.32. The standard InChI is InChI=1S/C7H4F3N3/c8-7(9,10)6-4(12)1-2-13-5(6)3-11/h1-2H,(H2,12,13). The van der Waals surface area contributed by atoms with Crippen LogP contribution in [-0.4, -0.2) is 4.98 Å². The number of halogens is 3. The summed E-state index contributed by atoms with van der Waals surface area (Å²) in [6, 6.07) is 2.34. The summed E-state index contributed by atoms with van der Waals surface area (Å²) in [6.07, 6.45) is -3.58. The van der Waals surface area contributed by atoms with Gasteiger partial charge in [-0.25, -0.2) is 4.98 Å². The smallest absolute Gasteiger partial charge is 0.398 e. The number of nitrogen functional groups attached to an aromatic ring is 1. The zero-order valence-electron chi connectivity index (χ0n) is 6.26. The van der Waals surface area contributed by atoms with Crippen LogP contribution in [-0.2, 0) is 6.18 Å². The van der Waals surface area contributed by atoms with Gasteiger partial charge in [0, 0.05) is 11.9 Å². The molecule has 1 rings (SSSR count). The maximum absolute atomic E-state index is 12.2. The molecular formula is C7H4F3N3. The van der Waals surface area contributed by atoms with Crippen LogP contribution < -0.4 is 5.73 Å². The fourth-order valence-electron chi connectivity index (χ4n) is 0.859. The Bertz CT molecular complexity index is 364. The average molecular weight is 187 g/mol. The molecule has 0 fully saturated rings. The van der Waals surface area contributed by atoms with Crippen molar-refractivity contribution in [2.75, 3.05) is 5.73 Å². The quantitative estimate of drug-likeness (QED) is 0.670. The molecule has 0 saturated carbocycles. The molecule has 1 aromatic rings. The van der Waals surface area contributed by atoms with Gasteiger partial charge in [-0.3, -0.25) is 0 Å². The summed E-state index contributed by atoms with van der Waals surface area (Å²) in [5, 5.41) is 8.34. The number of nitrogens with zero attached hydrogens (tertiary/aromatic N) is 2. The molecule has 0 unspecified atom stereocenters. The Morgan fingerprint density at radius 3 is 2.46 bits per heavy atom. The molecule has 0 atom stereocenters. The predicted octanol–water partition coefficient (Wildman–Crippen LogP) is 1.55. The summed E-state index contributed by atoms with van der Waals surface area (Å²) in [4.78, 5) is 3.26. The lowest BCUT2D eigenvalue weighted by atomic mass is 10.1. The molecule has 2 N–H and O–H groups in total. The summed E-state index contributed by atoms with van der Waals surface area (Å²) in [5.41, 5.74) is 2.71. The van der Waals surface area contributed by atoms with Gasteiger partial charge in [0.2, 0.25) is 0 Å². The molecule has 0 spiro atoms. The number of nitriles is 1. The van der Waals surface area contributed by atoms with E-state index in [0.29, 0.717) is 0 Å². The van der Waals surface area contributed by atoms with Crippen LogP contribution in [0.2, 0.25) is 0 Å². The maximum atomic E-state index is 12.2. The lowest BCUT2D eigenvalue weighted by Gasteiger charge is -2.09. The van der Waals surface area contributed by atoms with Crippen molar-refractivity contribution in [1.29, 1.82) is 5.26 Å². The zero-order chi connectivity index (χ0) is 10.1. The van der Waals surface area contributed by atoms with E-state index in [1.165, 1.54) is 6.07 Å². The first-order valence-electron chi connectivity index (χ1n) is 3.18. The van der Waals surface area contributed by atoms with Crippen molar-refractivity contribution in [2.24, 2.45) is 0 Å². The molecule has 1 aromatic heterocycles. The van der Waals surface area contributed by atoms with Crippen LogP contribution >= 0.6 is 0 Å². The first-order chi connectivity index (χ1) is 5.96. The van der Waals surface area contributed by atoms with Crippen LogP contribution in [0.15, 0.2) is 12.3 Å². The summed E-state index contributed by atoms with van der Waals surface area (Å²) in [6.45, 7) is 0. The number of hydrogen-bond acceptors (Lipinski definition) is 3. The van der Waals surface area contributed by atoms with Crippen LogP contribution in [0.1, 0.15) is 11.3 Å². The minimum absolute atomic E-state index is 0.487. The van der Waals surface area contributed by atoms with Gasteiger partial charge in [0.25, 0.3) is 0 Å². The van der Waals surface area contributed by atoms with Crippen LogP contribution in [0.5, 0.6) is 0 Å². The van der Waals surface area contributed by atoms with Gasteiger partial charge in [0.15, 0.2) is 5.69 Å².